The highest BCUT2D eigenvalue weighted by atomic mass is 16.3. The van der Waals surface area contributed by atoms with Gasteiger partial charge in [-0.25, -0.2) is 24.9 Å². The Labute approximate surface area is 413 Å². The molecule has 10 aromatic carbocycles. The van der Waals surface area contributed by atoms with Crippen LogP contribution in [0.4, 0.5) is 0 Å². The summed E-state index contributed by atoms with van der Waals surface area (Å²) in [6, 6.07) is 81.2. The van der Waals surface area contributed by atoms with E-state index in [1.165, 1.54) is 0 Å². The van der Waals surface area contributed by atoms with Crippen LogP contribution in [0.5, 0.6) is 0 Å². The Hall–Kier alpha value is -9.85. The van der Waals surface area contributed by atoms with Crippen molar-refractivity contribution in [2.24, 2.45) is 0 Å². The van der Waals surface area contributed by atoms with E-state index in [-0.39, 0.29) is 0 Å². The highest BCUT2D eigenvalue weighted by molar-refractivity contribution is 6.19. The molecule has 336 valence electrons. The second-order valence-corrected chi connectivity index (χ2v) is 18.0. The van der Waals surface area contributed by atoms with Gasteiger partial charge in [-0.15, -0.1) is 0 Å². The van der Waals surface area contributed by atoms with Crippen molar-refractivity contribution in [3.63, 3.8) is 0 Å². The molecule has 7 heteroatoms. The predicted molar refractivity (Wildman–Crippen MR) is 291 cm³/mol. The van der Waals surface area contributed by atoms with Crippen molar-refractivity contribution in [2.75, 3.05) is 0 Å². The van der Waals surface area contributed by atoms with Gasteiger partial charge in [0, 0.05) is 54.9 Å². The number of hydrogen-bond acceptors (Lipinski definition) is 7. The Bertz CT molecular complexity index is 4390. The Kier molecular flexibility index (Phi) is 9.70. The van der Waals surface area contributed by atoms with E-state index in [9.17, 15) is 0 Å². The third-order valence-corrected chi connectivity index (χ3v) is 13.5. The van der Waals surface area contributed by atoms with Gasteiger partial charge < -0.3 is 8.83 Å². The monoisotopic (exact) mass is 921 g/mol. The van der Waals surface area contributed by atoms with Gasteiger partial charge >= 0.3 is 0 Å². The van der Waals surface area contributed by atoms with Gasteiger partial charge in [0.1, 0.15) is 22.3 Å². The van der Waals surface area contributed by atoms with E-state index in [0.717, 1.165) is 122 Å². The SMILES string of the molecule is c1ccc(-c2ccc(-c3cc(-c4cccc(-c5cccc(-c6nc(-c7ccccc7)nc(-c7ccc8oc9ccc%10ccccc%10c9c8c7)n6)c5)c4)nc(-c4ccc5c(c4)oc4ccccc45)n3)cc2)cc1. The first-order valence-corrected chi connectivity index (χ1v) is 24.0. The fourth-order valence-electron chi connectivity index (χ4n) is 9.93. The van der Waals surface area contributed by atoms with Crippen LogP contribution in [0.15, 0.2) is 245 Å². The van der Waals surface area contributed by atoms with E-state index in [4.69, 9.17) is 33.8 Å². The molecule has 7 nitrogen and oxygen atoms in total. The van der Waals surface area contributed by atoms with Crippen molar-refractivity contribution in [1.29, 1.82) is 0 Å². The van der Waals surface area contributed by atoms with Gasteiger partial charge in [-0.2, -0.15) is 0 Å². The molecule has 0 amide bonds. The van der Waals surface area contributed by atoms with Crippen molar-refractivity contribution in [1.82, 2.24) is 24.9 Å². The Morgan fingerprint density at radius 3 is 1.47 bits per heavy atom. The summed E-state index contributed by atoms with van der Waals surface area (Å²) in [5, 5.41) is 6.53. The molecule has 14 rings (SSSR count). The molecule has 4 aromatic heterocycles. The summed E-state index contributed by atoms with van der Waals surface area (Å²) in [5.74, 6) is 2.35. The third kappa shape index (κ3) is 7.36. The van der Waals surface area contributed by atoms with Gasteiger partial charge in [0.2, 0.25) is 0 Å². The molecule has 0 unspecified atom stereocenters. The number of hydrogen-bond donors (Lipinski definition) is 0. The molecule has 0 aliphatic heterocycles. The molecule has 0 spiro atoms. The molecule has 0 aliphatic rings. The van der Waals surface area contributed by atoms with E-state index in [2.05, 4.69) is 158 Å². The molecule has 14 aromatic rings. The van der Waals surface area contributed by atoms with Gasteiger partial charge in [-0.3, -0.25) is 0 Å². The van der Waals surface area contributed by atoms with Crippen molar-refractivity contribution in [3.05, 3.63) is 237 Å². The minimum absolute atomic E-state index is 0.573. The lowest BCUT2D eigenvalue weighted by Gasteiger charge is -2.12. The maximum atomic E-state index is 6.36. The predicted octanol–water partition coefficient (Wildman–Crippen LogP) is 16.9. The number of fused-ring (bicyclic) bond motifs is 8. The standard InChI is InChI=1S/C65H39N5O2/c1-3-13-40(14-4-1)41-25-27-43(28-26-41)55-39-56(67-63(66-55)50-29-32-53-52-23-9-10-24-57(52)72-60(53)38-50)47-20-11-18-45(35-47)46-19-12-21-48(36-46)64-68-62(44-16-5-2-6-17-44)69-65(70-64)49-31-33-58-54(37-49)61-51-22-8-7-15-42(51)30-34-59(61)71-58/h1-39H. The molecule has 0 N–H and O–H groups in total. The van der Waals surface area contributed by atoms with Crippen molar-refractivity contribution in [2.45, 2.75) is 0 Å². The minimum Gasteiger partial charge on any atom is -0.456 e. The van der Waals surface area contributed by atoms with Gasteiger partial charge in [0.15, 0.2) is 23.3 Å². The average molecular weight is 922 g/mol. The smallest absolute Gasteiger partial charge is 0.164 e. The number of nitrogens with zero attached hydrogens (tertiary/aromatic N) is 5. The van der Waals surface area contributed by atoms with Gasteiger partial charge in [0.25, 0.3) is 0 Å². The maximum Gasteiger partial charge on any atom is 0.164 e. The highest BCUT2D eigenvalue weighted by Gasteiger charge is 2.18. The fraction of sp³-hybridized carbons (Fsp3) is 0. The van der Waals surface area contributed by atoms with Crippen LogP contribution >= 0.6 is 0 Å². The molecule has 0 aliphatic carbocycles. The Morgan fingerprint density at radius 1 is 0.222 bits per heavy atom. The quantitative estimate of drug-likeness (QED) is 0.150. The van der Waals surface area contributed by atoms with Crippen LogP contribution in [0, 0.1) is 0 Å². The van der Waals surface area contributed by atoms with Crippen molar-refractivity contribution in [3.8, 4) is 90.3 Å². The van der Waals surface area contributed by atoms with Crippen LogP contribution in [0.3, 0.4) is 0 Å². The molecule has 0 atom stereocenters. The maximum absolute atomic E-state index is 6.36. The van der Waals surface area contributed by atoms with E-state index >= 15 is 0 Å². The average Bonchev–Trinajstić information content (AvgIpc) is 4.04. The molecule has 0 saturated heterocycles. The summed E-state index contributed by atoms with van der Waals surface area (Å²) < 4.78 is 12.7. The lowest BCUT2D eigenvalue weighted by molar-refractivity contribution is 0.668. The zero-order valence-electron chi connectivity index (χ0n) is 38.6. The van der Waals surface area contributed by atoms with E-state index in [0.29, 0.717) is 23.3 Å². The molecule has 0 radical (unpaired) electrons. The van der Waals surface area contributed by atoms with Gasteiger partial charge in [-0.1, -0.05) is 176 Å². The summed E-state index contributed by atoms with van der Waals surface area (Å²) in [4.78, 5) is 25.9. The largest absolute Gasteiger partial charge is 0.456 e. The summed E-state index contributed by atoms with van der Waals surface area (Å²) in [6.45, 7) is 0. The summed E-state index contributed by atoms with van der Waals surface area (Å²) in [7, 11) is 0. The molecule has 0 fully saturated rings. The summed E-state index contributed by atoms with van der Waals surface area (Å²) >= 11 is 0. The first-order valence-electron chi connectivity index (χ1n) is 24.0. The van der Waals surface area contributed by atoms with Crippen LogP contribution in [-0.4, -0.2) is 24.9 Å². The van der Waals surface area contributed by atoms with Gasteiger partial charge in [-0.05, 0) is 93.7 Å². The van der Waals surface area contributed by atoms with Crippen molar-refractivity contribution < 1.29 is 8.83 Å². The molecular formula is C65H39N5O2. The lowest BCUT2D eigenvalue weighted by Crippen LogP contribution is -2.00. The van der Waals surface area contributed by atoms with Crippen LogP contribution in [0.1, 0.15) is 0 Å². The summed E-state index contributed by atoms with van der Waals surface area (Å²) in [6.07, 6.45) is 0. The lowest BCUT2D eigenvalue weighted by atomic mass is 9.98. The Morgan fingerprint density at radius 2 is 0.694 bits per heavy atom. The first kappa shape index (κ1) is 41.2. The van der Waals surface area contributed by atoms with E-state index in [1.54, 1.807) is 0 Å². The second-order valence-electron chi connectivity index (χ2n) is 18.0. The van der Waals surface area contributed by atoms with Crippen LogP contribution in [0.2, 0.25) is 0 Å². The van der Waals surface area contributed by atoms with Crippen molar-refractivity contribution >= 4 is 54.6 Å². The number of benzene rings is 10. The van der Waals surface area contributed by atoms with Crippen LogP contribution in [0.25, 0.3) is 145 Å². The fourth-order valence-corrected chi connectivity index (χ4v) is 9.93. The highest BCUT2D eigenvalue weighted by Crippen LogP contribution is 2.39. The molecule has 4 heterocycles. The topological polar surface area (TPSA) is 90.7 Å². The normalized spacial score (nSPS) is 11.6. The number of furan rings is 2. The third-order valence-electron chi connectivity index (χ3n) is 13.5. The minimum atomic E-state index is 0.573. The number of aromatic nitrogens is 5. The van der Waals surface area contributed by atoms with E-state index < -0.39 is 0 Å². The zero-order valence-corrected chi connectivity index (χ0v) is 38.6. The number of rotatable bonds is 8. The Balaban J connectivity index is 0.863. The molecule has 0 saturated carbocycles. The van der Waals surface area contributed by atoms with E-state index in [1.807, 2.05) is 78.9 Å². The molecule has 0 bridgehead atoms. The number of para-hydroxylation sites is 1. The van der Waals surface area contributed by atoms with Crippen LogP contribution in [-0.2, 0) is 0 Å². The first-order chi connectivity index (χ1) is 35.6. The summed E-state index contributed by atoms with van der Waals surface area (Å²) in [5.41, 5.74) is 14.7. The van der Waals surface area contributed by atoms with Gasteiger partial charge in [0.05, 0.1) is 11.4 Å². The van der Waals surface area contributed by atoms with Crippen LogP contribution < -0.4 is 0 Å². The molecular weight excluding hydrogens is 883 g/mol. The second kappa shape index (κ2) is 17.0. The zero-order chi connectivity index (χ0) is 47.5. The molecule has 72 heavy (non-hydrogen) atoms.